The fraction of sp³-hybridized carbons (Fsp3) is 0.909. The van der Waals surface area contributed by atoms with Gasteiger partial charge in [-0.2, -0.15) is 0 Å². The fourth-order valence-electron chi connectivity index (χ4n) is 2.53. The molecule has 4 heteroatoms. The van der Waals surface area contributed by atoms with E-state index < -0.39 is 11.4 Å². The number of carboxylic acid groups (broad SMARTS) is 1. The van der Waals surface area contributed by atoms with Gasteiger partial charge in [-0.1, -0.05) is 0 Å². The van der Waals surface area contributed by atoms with E-state index in [1.54, 1.807) is 0 Å². The number of hydrogen-bond acceptors (Lipinski definition) is 3. The molecule has 1 N–H and O–H groups in total. The number of carboxylic acids is 1. The number of carbonyl (C=O) groups is 1. The summed E-state index contributed by atoms with van der Waals surface area (Å²) in [6, 6.07) is 0. The molecule has 4 nitrogen and oxygen atoms in total. The molecule has 1 atom stereocenters. The Hall–Kier alpha value is -0.610. The normalized spacial score (nSPS) is 33.1. The van der Waals surface area contributed by atoms with E-state index in [9.17, 15) is 9.90 Å². The quantitative estimate of drug-likeness (QED) is 0.769. The van der Waals surface area contributed by atoms with E-state index in [-0.39, 0.29) is 0 Å². The van der Waals surface area contributed by atoms with Crippen molar-refractivity contribution >= 4 is 5.97 Å². The number of ether oxygens (including phenoxy) is 2. The molecule has 1 unspecified atom stereocenters. The van der Waals surface area contributed by atoms with Crippen molar-refractivity contribution in [2.75, 3.05) is 26.4 Å². The van der Waals surface area contributed by atoms with Crippen molar-refractivity contribution in [1.82, 2.24) is 0 Å². The highest BCUT2D eigenvalue weighted by Crippen LogP contribution is 2.38. The highest BCUT2D eigenvalue weighted by atomic mass is 16.5. The third-order valence-electron chi connectivity index (χ3n) is 3.58. The van der Waals surface area contributed by atoms with Gasteiger partial charge in [-0.05, 0) is 31.6 Å². The van der Waals surface area contributed by atoms with Gasteiger partial charge in [0.15, 0.2) is 0 Å². The minimum absolute atomic E-state index is 0.389. The molecule has 2 saturated heterocycles. The van der Waals surface area contributed by atoms with Crippen molar-refractivity contribution in [3.8, 4) is 0 Å². The largest absolute Gasteiger partial charge is 0.481 e. The van der Waals surface area contributed by atoms with Gasteiger partial charge >= 0.3 is 5.97 Å². The first-order valence-electron chi connectivity index (χ1n) is 5.62. The second-order valence-corrected chi connectivity index (χ2v) is 4.65. The third-order valence-corrected chi connectivity index (χ3v) is 3.58. The van der Waals surface area contributed by atoms with E-state index in [1.807, 2.05) is 0 Å². The second kappa shape index (κ2) is 4.49. The molecular weight excluding hydrogens is 196 g/mol. The minimum Gasteiger partial charge on any atom is -0.481 e. The zero-order valence-corrected chi connectivity index (χ0v) is 8.91. The van der Waals surface area contributed by atoms with Crippen LogP contribution in [-0.2, 0) is 14.3 Å². The average Bonchev–Trinajstić information content (AvgIpc) is 2.69. The van der Waals surface area contributed by atoms with E-state index >= 15 is 0 Å². The van der Waals surface area contributed by atoms with Gasteiger partial charge in [0.25, 0.3) is 0 Å². The molecule has 0 aromatic carbocycles. The van der Waals surface area contributed by atoms with Crippen LogP contribution in [-0.4, -0.2) is 37.5 Å². The summed E-state index contributed by atoms with van der Waals surface area (Å²) in [7, 11) is 0. The summed E-state index contributed by atoms with van der Waals surface area (Å²) in [5.41, 5.74) is -0.609. The molecule has 0 saturated carbocycles. The Morgan fingerprint density at radius 3 is 2.53 bits per heavy atom. The monoisotopic (exact) mass is 214 g/mol. The van der Waals surface area contributed by atoms with Crippen LogP contribution in [0.1, 0.15) is 25.7 Å². The van der Waals surface area contributed by atoms with Crippen LogP contribution in [0.4, 0.5) is 0 Å². The van der Waals surface area contributed by atoms with Crippen LogP contribution in [0.5, 0.6) is 0 Å². The van der Waals surface area contributed by atoms with Gasteiger partial charge in [-0.25, -0.2) is 0 Å². The lowest BCUT2D eigenvalue weighted by Crippen LogP contribution is -2.35. The Balaban J connectivity index is 1.96. The standard InChI is InChI=1S/C11H18O4/c12-10(13)11(3-6-15-8-11)7-9-1-4-14-5-2-9/h9H,1-8H2,(H,12,13). The molecule has 2 heterocycles. The Kier molecular flexibility index (Phi) is 3.26. The molecule has 15 heavy (non-hydrogen) atoms. The highest BCUT2D eigenvalue weighted by Gasteiger charge is 2.44. The van der Waals surface area contributed by atoms with Crippen molar-refractivity contribution in [2.45, 2.75) is 25.7 Å². The second-order valence-electron chi connectivity index (χ2n) is 4.65. The van der Waals surface area contributed by atoms with Gasteiger partial charge in [0, 0.05) is 19.8 Å². The summed E-state index contributed by atoms with van der Waals surface area (Å²) in [5.74, 6) is -0.192. The Morgan fingerprint density at radius 1 is 1.27 bits per heavy atom. The van der Waals surface area contributed by atoms with Crippen LogP contribution in [0, 0.1) is 11.3 Å². The van der Waals surface area contributed by atoms with Gasteiger partial charge in [-0.3, -0.25) is 4.79 Å². The lowest BCUT2D eigenvalue weighted by molar-refractivity contribution is -0.150. The fourth-order valence-corrected chi connectivity index (χ4v) is 2.53. The Morgan fingerprint density at radius 2 is 2.00 bits per heavy atom. The van der Waals surface area contributed by atoms with Crippen LogP contribution < -0.4 is 0 Å². The lowest BCUT2D eigenvalue weighted by atomic mass is 9.76. The molecule has 0 aliphatic carbocycles. The molecule has 0 aromatic heterocycles. The molecule has 0 bridgehead atoms. The zero-order valence-electron chi connectivity index (χ0n) is 8.91. The summed E-state index contributed by atoms with van der Waals surface area (Å²) >= 11 is 0. The minimum atomic E-state index is -0.688. The summed E-state index contributed by atoms with van der Waals surface area (Å²) in [6.45, 7) is 2.54. The summed E-state index contributed by atoms with van der Waals surface area (Å²) in [4.78, 5) is 11.3. The van der Waals surface area contributed by atoms with E-state index in [0.717, 1.165) is 32.5 Å². The first-order chi connectivity index (χ1) is 7.23. The van der Waals surface area contributed by atoms with Crippen LogP contribution in [0.2, 0.25) is 0 Å². The van der Waals surface area contributed by atoms with Gasteiger partial charge in [0.05, 0.1) is 12.0 Å². The topological polar surface area (TPSA) is 55.8 Å². The highest BCUT2D eigenvalue weighted by molar-refractivity contribution is 5.75. The Labute approximate surface area is 89.6 Å². The first kappa shape index (κ1) is 10.9. The molecule has 0 aromatic rings. The lowest BCUT2D eigenvalue weighted by Gasteiger charge is -2.30. The summed E-state index contributed by atoms with van der Waals surface area (Å²) < 4.78 is 10.5. The SMILES string of the molecule is O=C(O)C1(CC2CCOCC2)CCOC1. The van der Waals surface area contributed by atoms with E-state index in [0.29, 0.717) is 25.6 Å². The van der Waals surface area contributed by atoms with Gasteiger partial charge in [0.2, 0.25) is 0 Å². The smallest absolute Gasteiger partial charge is 0.312 e. The summed E-state index contributed by atoms with van der Waals surface area (Å²) in [6.07, 6.45) is 3.41. The third kappa shape index (κ3) is 2.32. The molecule has 2 rings (SSSR count). The number of aliphatic carboxylic acids is 1. The molecule has 2 fully saturated rings. The van der Waals surface area contributed by atoms with Crippen LogP contribution >= 0.6 is 0 Å². The molecule has 2 aliphatic rings. The maximum absolute atomic E-state index is 11.3. The van der Waals surface area contributed by atoms with Crippen LogP contribution in [0.25, 0.3) is 0 Å². The van der Waals surface area contributed by atoms with Crippen LogP contribution in [0.3, 0.4) is 0 Å². The van der Waals surface area contributed by atoms with Gasteiger partial charge in [0.1, 0.15) is 0 Å². The van der Waals surface area contributed by atoms with Crippen LogP contribution in [0.15, 0.2) is 0 Å². The van der Waals surface area contributed by atoms with Crippen molar-refractivity contribution < 1.29 is 19.4 Å². The van der Waals surface area contributed by atoms with E-state index in [2.05, 4.69) is 0 Å². The molecule has 0 amide bonds. The first-order valence-corrected chi connectivity index (χ1v) is 5.62. The number of hydrogen-bond donors (Lipinski definition) is 1. The molecule has 0 radical (unpaired) electrons. The number of rotatable bonds is 3. The van der Waals surface area contributed by atoms with Crippen molar-refractivity contribution in [3.05, 3.63) is 0 Å². The molecule has 0 spiro atoms. The van der Waals surface area contributed by atoms with Crippen molar-refractivity contribution in [2.24, 2.45) is 11.3 Å². The van der Waals surface area contributed by atoms with Gasteiger partial charge < -0.3 is 14.6 Å². The average molecular weight is 214 g/mol. The molecule has 86 valence electrons. The Bertz CT molecular complexity index is 227. The summed E-state index contributed by atoms with van der Waals surface area (Å²) in [5, 5.41) is 9.28. The predicted molar refractivity (Wildman–Crippen MR) is 53.7 cm³/mol. The van der Waals surface area contributed by atoms with Gasteiger partial charge in [-0.15, -0.1) is 0 Å². The zero-order chi connectivity index (χ0) is 10.7. The van der Waals surface area contributed by atoms with E-state index in [1.165, 1.54) is 0 Å². The van der Waals surface area contributed by atoms with Crippen molar-refractivity contribution in [3.63, 3.8) is 0 Å². The molecule has 2 aliphatic heterocycles. The maximum Gasteiger partial charge on any atom is 0.312 e. The maximum atomic E-state index is 11.3. The molecular formula is C11H18O4. The van der Waals surface area contributed by atoms with E-state index in [4.69, 9.17) is 9.47 Å². The predicted octanol–water partition coefficient (Wildman–Crippen LogP) is 1.29. The van der Waals surface area contributed by atoms with Crippen molar-refractivity contribution in [1.29, 1.82) is 0 Å².